The number of carbonyl (C=O) groups excluding carboxylic acids is 3. The van der Waals surface area contributed by atoms with E-state index in [-0.39, 0.29) is 18.8 Å². The maximum atomic E-state index is 13.7. The van der Waals surface area contributed by atoms with E-state index in [1.54, 1.807) is 29.2 Å². The van der Waals surface area contributed by atoms with Crippen molar-refractivity contribution in [1.29, 1.82) is 0 Å². The Labute approximate surface area is 185 Å². The second-order valence-electron chi connectivity index (χ2n) is 8.75. The van der Waals surface area contributed by atoms with Crippen molar-refractivity contribution in [2.45, 2.75) is 43.4 Å². The average Bonchev–Trinajstić information content (AvgIpc) is 3.09. The Balaban J connectivity index is 1.68. The molecule has 0 radical (unpaired) electrons. The maximum Gasteiger partial charge on any atom is 0.414 e. The van der Waals surface area contributed by atoms with E-state index < -0.39 is 35.3 Å². The van der Waals surface area contributed by atoms with Crippen LogP contribution in [0.25, 0.3) is 0 Å². The van der Waals surface area contributed by atoms with Crippen molar-refractivity contribution in [1.82, 2.24) is 4.90 Å². The molecule has 1 aromatic rings. The van der Waals surface area contributed by atoms with E-state index in [0.717, 1.165) is 0 Å². The number of ketones is 1. The first-order chi connectivity index (χ1) is 15.4. The van der Waals surface area contributed by atoms with Crippen molar-refractivity contribution in [3.05, 3.63) is 30.9 Å². The van der Waals surface area contributed by atoms with Gasteiger partial charge in [-0.25, -0.2) is 9.59 Å². The highest BCUT2D eigenvalue weighted by molar-refractivity contribution is 5.97. The standard InChI is InChI=1S/C23H26N2O7/c1-4-9-22-10-6-11-24-19(22)23(32-20(24)27)13-31-21(28)25(16(23)12-17(22)26)14-7-5-8-15(29-2)18(14)30-3/h4-5,7-8,16,19H,1,6,9-13H2,2-3H3/t16-,19-,22-,23+/m0/s1. The lowest BCUT2D eigenvalue weighted by Gasteiger charge is -2.58. The number of ether oxygens (including phenoxy) is 4. The molecule has 1 aromatic carbocycles. The number of methoxy groups -OCH3 is 2. The van der Waals surface area contributed by atoms with Crippen LogP contribution in [0.15, 0.2) is 30.9 Å². The van der Waals surface area contributed by atoms with E-state index >= 15 is 0 Å². The topological polar surface area (TPSA) is 94.6 Å². The van der Waals surface area contributed by atoms with Crippen molar-refractivity contribution in [3.8, 4) is 11.5 Å². The number of allylic oxidation sites excluding steroid dienone is 1. The lowest BCUT2D eigenvalue weighted by Crippen LogP contribution is -2.76. The van der Waals surface area contributed by atoms with Crippen LogP contribution in [-0.2, 0) is 14.3 Å². The number of amides is 2. The number of rotatable bonds is 5. The molecule has 3 heterocycles. The van der Waals surface area contributed by atoms with Crippen LogP contribution in [0.3, 0.4) is 0 Å². The largest absolute Gasteiger partial charge is 0.493 e. The summed E-state index contributed by atoms with van der Waals surface area (Å²) in [5.41, 5.74) is -1.57. The molecule has 2 amide bonds. The van der Waals surface area contributed by atoms with Gasteiger partial charge in [0, 0.05) is 13.0 Å². The number of cyclic esters (lactones) is 1. The monoisotopic (exact) mass is 442 g/mol. The number of piperidine rings is 1. The predicted octanol–water partition coefficient (Wildman–Crippen LogP) is 2.92. The normalized spacial score (nSPS) is 33.1. The summed E-state index contributed by atoms with van der Waals surface area (Å²) in [5.74, 6) is 0.778. The first kappa shape index (κ1) is 20.7. The van der Waals surface area contributed by atoms with Crippen LogP contribution >= 0.6 is 0 Å². The van der Waals surface area contributed by atoms with Gasteiger partial charge in [0.2, 0.25) is 0 Å². The number of benzene rings is 1. The van der Waals surface area contributed by atoms with Gasteiger partial charge in [-0.1, -0.05) is 12.1 Å². The molecule has 5 rings (SSSR count). The molecular weight excluding hydrogens is 416 g/mol. The fourth-order valence-corrected chi connectivity index (χ4v) is 6.22. The lowest BCUT2D eigenvalue weighted by atomic mass is 9.56. The lowest BCUT2D eigenvalue weighted by molar-refractivity contribution is -0.159. The van der Waals surface area contributed by atoms with Gasteiger partial charge in [0.15, 0.2) is 17.1 Å². The number of hydrogen-bond acceptors (Lipinski definition) is 7. The third kappa shape index (κ3) is 2.47. The molecule has 0 unspecified atom stereocenters. The molecule has 9 heteroatoms. The van der Waals surface area contributed by atoms with Gasteiger partial charge in [0.1, 0.15) is 12.4 Å². The fourth-order valence-electron chi connectivity index (χ4n) is 6.22. The molecule has 1 spiro atoms. The van der Waals surface area contributed by atoms with Crippen LogP contribution in [0.1, 0.15) is 25.7 Å². The van der Waals surface area contributed by atoms with E-state index in [4.69, 9.17) is 18.9 Å². The number of Topliss-reactive ketones (excluding diaryl/α,β-unsaturated/α-hetero) is 1. The molecule has 4 fully saturated rings. The summed E-state index contributed by atoms with van der Waals surface area (Å²) in [7, 11) is 2.98. The number of anilines is 1. The molecule has 1 saturated carbocycles. The second-order valence-corrected chi connectivity index (χ2v) is 8.75. The molecule has 0 bridgehead atoms. The molecule has 32 heavy (non-hydrogen) atoms. The molecule has 9 nitrogen and oxygen atoms in total. The van der Waals surface area contributed by atoms with Gasteiger partial charge in [-0.2, -0.15) is 0 Å². The van der Waals surface area contributed by atoms with E-state index in [9.17, 15) is 14.4 Å². The molecule has 0 N–H and O–H groups in total. The summed E-state index contributed by atoms with van der Waals surface area (Å²) in [5, 5.41) is 0. The molecule has 0 aromatic heterocycles. The molecule has 4 aliphatic rings. The maximum absolute atomic E-state index is 13.7. The SMILES string of the molecule is C=CC[C@]12CCCN3C(=O)O[C@@]4(COC(=O)N(c5cccc(OC)c5OC)[C@H]4CC1=O)[C@@H]32. The highest BCUT2D eigenvalue weighted by atomic mass is 16.6. The number of carbonyl (C=O) groups is 3. The average molecular weight is 442 g/mol. The number of hydrogen-bond donors (Lipinski definition) is 0. The summed E-state index contributed by atoms with van der Waals surface area (Å²) in [6.45, 7) is 4.26. The molecule has 3 saturated heterocycles. The third-order valence-corrected chi connectivity index (χ3v) is 7.41. The summed E-state index contributed by atoms with van der Waals surface area (Å²) in [6.07, 6.45) is 2.46. The minimum Gasteiger partial charge on any atom is -0.493 e. The fraction of sp³-hybridized carbons (Fsp3) is 0.522. The zero-order valence-electron chi connectivity index (χ0n) is 18.2. The zero-order chi connectivity index (χ0) is 22.7. The van der Waals surface area contributed by atoms with Crippen molar-refractivity contribution in [3.63, 3.8) is 0 Å². The van der Waals surface area contributed by atoms with Gasteiger partial charge in [-0.05, 0) is 31.4 Å². The Morgan fingerprint density at radius 3 is 2.75 bits per heavy atom. The van der Waals surface area contributed by atoms with Gasteiger partial charge in [-0.15, -0.1) is 6.58 Å². The summed E-state index contributed by atoms with van der Waals surface area (Å²) < 4.78 is 22.6. The number of nitrogens with zero attached hydrogens (tertiary/aromatic N) is 2. The first-order valence-electron chi connectivity index (χ1n) is 10.7. The van der Waals surface area contributed by atoms with Crippen LogP contribution in [0.2, 0.25) is 0 Å². The molecule has 1 aliphatic carbocycles. The van der Waals surface area contributed by atoms with Crippen LogP contribution in [0, 0.1) is 5.41 Å². The van der Waals surface area contributed by atoms with Gasteiger partial charge >= 0.3 is 12.2 Å². The van der Waals surface area contributed by atoms with Crippen molar-refractivity contribution in [2.75, 3.05) is 32.3 Å². The summed E-state index contributed by atoms with van der Waals surface area (Å²) in [6, 6.07) is 3.88. The predicted molar refractivity (Wildman–Crippen MR) is 113 cm³/mol. The van der Waals surface area contributed by atoms with Crippen LogP contribution < -0.4 is 14.4 Å². The summed E-state index contributed by atoms with van der Waals surface area (Å²) >= 11 is 0. The number of para-hydroxylation sites is 1. The Hall–Kier alpha value is -3.23. The van der Waals surface area contributed by atoms with Crippen LogP contribution in [0.5, 0.6) is 11.5 Å². The van der Waals surface area contributed by atoms with Gasteiger partial charge < -0.3 is 18.9 Å². The smallest absolute Gasteiger partial charge is 0.414 e. The van der Waals surface area contributed by atoms with Crippen LogP contribution in [0.4, 0.5) is 15.3 Å². The minimum absolute atomic E-state index is 0.00703. The molecule has 170 valence electrons. The van der Waals surface area contributed by atoms with E-state index in [1.807, 2.05) is 0 Å². The quantitative estimate of drug-likeness (QED) is 0.647. The highest BCUT2D eigenvalue weighted by Crippen LogP contribution is 2.58. The summed E-state index contributed by atoms with van der Waals surface area (Å²) in [4.78, 5) is 42.8. The molecule has 4 atom stereocenters. The zero-order valence-corrected chi connectivity index (χ0v) is 18.2. The molecular formula is C23H26N2O7. The molecule has 3 aliphatic heterocycles. The van der Waals surface area contributed by atoms with E-state index in [0.29, 0.717) is 43.0 Å². The van der Waals surface area contributed by atoms with Gasteiger partial charge in [-0.3, -0.25) is 14.6 Å². The Morgan fingerprint density at radius 2 is 2.03 bits per heavy atom. The van der Waals surface area contributed by atoms with Crippen molar-refractivity contribution < 1.29 is 33.3 Å². The van der Waals surface area contributed by atoms with Crippen molar-refractivity contribution in [2.24, 2.45) is 5.41 Å². The highest BCUT2D eigenvalue weighted by Gasteiger charge is 2.74. The minimum atomic E-state index is -1.17. The Kier molecular flexibility index (Phi) is 4.61. The van der Waals surface area contributed by atoms with E-state index in [1.165, 1.54) is 19.1 Å². The van der Waals surface area contributed by atoms with Crippen LogP contribution in [-0.4, -0.2) is 67.9 Å². The van der Waals surface area contributed by atoms with Gasteiger partial charge in [0.05, 0.1) is 37.4 Å². The van der Waals surface area contributed by atoms with E-state index in [2.05, 4.69) is 6.58 Å². The Bertz CT molecular complexity index is 1010. The third-order valence-electron chi connectivity index (χ3n) is 7.41. The Morgan fingerprint density at radius 1 is 1.22 bits per heavy atom. The van der Waals surface area contributed by atoms with Crippen molar-refractivity contribution >= 4 is 23.7 Å². The van der Waals surface area contributed by atoms with Gasteiger partial charge in [0.25, 0.3) is 0 Å². The second kappa shape index (κ2) is 7.15. The first-order valence-corrected chi connectivity index (χ1v) is 10.7.